The van der Waals surface area contributed by atoms with Gasteiger partial charge in [0.25, 0.3) is 5.91 Å². The van der Waals surface area contributed by atoms with Crippen LogP contribution in [-0.4, -0.2) is 5.91 Å². The molecule has 62 valence electrons. The van der Waals surface area contributed by atoms with Gasteiger partial charge in [0.1, 0.15) is 0 Å². The van der Waals surface area contributed by atoms with Crippen molar-refractivity contribution in [1.82, 2.24) is 5.32 Å². The molecule has 4 heteroatoms. The number of carbonyl (C=O) groups is 1. The summed E-state index contributed by atoms with van der Waals surface area (Å²) in [5, 5.41) is 12.2. The first-order valence-corrected chi connectivity index (χ1v) is 4.43. The van der Waals surface area contributed by atoms with Gasteiger partial charge in [-0.3, -0.25) is 10.1 Å². The molecule has 0 aliphatic carbocycles. The number of nitrogens with one attached hydrogen (secondary N) is 1. The van der Waals surface area contributed by atoms with E-state index in [0.29, 0.717) is 4.88 Å². The molecule has 0 saturated heterocycles. The van der Waals surface area contributed by atoms with Crippen molar-refractivity contribution in [1.29, 1.82) is 5.26 Å². The number of hydrogen-bond acceptors (Lipinski definition) is 3. The highest BCUT2D eigenvalue weighted by molar-refractivity contribution is 7.12. The molecule has 1 aromatic heterocycles. The topological polar surface area (TPSA) is 52.9 Å². The van der Waals surface area contributed by atoms with E-state index in [1.807, 2.05) is 18.4 Å². The number of aryl methyl sites for hydroxylation is 1. The van der Waals surface area contributed by atoms with E-state index in [-0.39, 0.29) is 5.91 Å². The summed E-state index contributed by atoms with van der Waals surface area (Å²) >= 11 is 1.36. The molecule has 12 heavy (non-hydrogen) atoms. The molecule has 0 radical (unpaired) electrons. The molecule has 1 N–H and O–H groups in total. The van der Waals surface area contributed by atoms with Gasteiger partial charge < -0.3 is 0 Å². The van der Waals surface area contributed by atoms with Gasteiger partial charge in [-0.15, -0.1) is 11.3 Å². The lowest BCUT2D eigenvalue weighted by Crippen LogP contribution is -2.17. The van der Waals surface area contributed by atoms with Gasteiger partial charge in [0.05, 0.1) is 4.88 Å². The van der Waals surface area contributed by atoms with Gasteiger partial charge in [0, 0.05) is 0 Å². The Morgan fingerprint density at radius 3 is 3.17 bits per heavy atom. The van der Waals surface area contributed by atoms with E-state index < -0.39 is 0 Å². The van der Waals surface area contributed by atoms with Crippen LogP contribution in [0.15, 0.2) is 11.4 Å². The molecular weight excluding hydrogens is 172 g/mol. The van der Waals surface area contributed by atoms with Crippen molar-refractivity contribution in [2.45, 2.75) is 13.3 Å². The zero-order valence-electron chi connectivity index (χ0n) is 6.63. The standard InChI is InChI=1S/C8H8N2OS/c1-2-6-3-4-12-7(6)8(11)10-5-9/h3-4H,2H2,1H3,(H,10,11). The minimum absolute atomic E-state index is 0.302. The molecule has 1 amide bonds. The number of nitrogens with zero attached hydrogens (tertiary/aromatic N) is 1. The summed E-state index contributed by atoms with van der Waals surface area (Å²) in [6.07, 6.45) is 2.43. The van der Waals surface area contributed by atoms with E-state index in [0.717, 1.165) is 12.0 Å². The van der Waals surface area contributed by atoms with Crippen LogP contribution in [0.2, 0.25) is 0 Å². The number of hydrogen-bond donors (Lipinski definition) is 1. The second-order valence-electron chi connectivity index (χ2n) is 2.19. The zero-order valence-corrected chi connectivity index (χ0v) is 7.44. The monoisotopic (exact) mass is 180 g/mol. The highest BCUT2D eigenvalue weighted by atomic mass is 32.1. The van der Waals surface area contributed by atoms with Gasteiger partial charge in [-0.1, -0.05) is 6.92 Å². The maximum Gasteiger partial charge on any atom is 0.274 e. The molecule has 1 rings (SSSR count). The summed E-state index contributed by atoms with van der Waals surface area (Å²) in [4.78, 5) is 11.8. The minimum atomic E-state index is -0.302. The van der Waals surface area contributed by atoms with Crippen LogP contribution in [0.25, 0.3) is 0 Å². The Morgan fingerprint density at radius 2 is 2.58 bits per heavy atom. The quantitative estimate of drug-likeness (QED) is 0.554. The van der Waals surface area contributed by atoms with Gasteiger partial charge in [-0.2, -0.15) is 5.26 Å². The molecule has 1 heterocycles. The van der Waals surface area contributed by atoms with Gasteiger partial charge in [0.15, 0.2) is 6.19 Å². The van der Waals surface area contributed by atoms with Gasteiger partial charge in [-0.05, 0) is 23.4 Å². The fourth-order valence-electron chi connectivity index (χ4n) is 0.921. The fourth-order valence-corrected chi connectivity index (χ4v) is 1.81. The van der Waals surface area contributed by atoms with Crippen molar-refractivity contribution in [2.24, 2.45) is 0 Å². The van der Waals surface area contributed by atoms with Crippen LogP contribution in [-0.2, 0) is 6.42 Å². The normalized spacial score (nSPS) is 9.00. The lowest BCUT2D eigenvalue weighted by molar-refractivity contribution is 0.0976. The Hall–Kier alpha value is -1.34. The molecular formula is C8H8N2OS. The first-order chi connectivity index (χ1) is 5.79. The molecule has 3 nitrogen and oxygen atoms in total. The van der Waals surface area contributed by atoms with Crippen LogP contribution in [0.3, 0.4) is 0 Å². The molecule has 0 unspecified atom stereocenters. The third-order valence-electron chi connectivity index (χ3n) is 1.50. The van der Waals surface area contributed by atoms with Crippen LogP contribution < -0.4 is 5.32 Å². The van der Waals surface area contributed by atoms with Gasteiger partial charge >= 0.3 is 0 Å². The molecule has 0 aromatic carbocycles. The Morgan fingerprint density at radius 1 is 1.83 bits per heavy atom. The third kappa shape index (κ3) is 1.63. The second kappa shape index (κ2) is 3.88. The van der Waals surface area contributed by atoms with E-state index in [4.69, 9.17) is 5.26 Å². The van der Waals surface area contributed by atoms with E-state index in [9.17, 15) is 4.79 Å². The van der Waals surface area contributed by atoms with Gasteiger partial charge in [0.2, 0.25) is 0 Å². The van der Waals surface area contributed by atoms with Crippen molar-refractivity contribution < 1.29 is 4.79 Å². The maximum absolute atomic E-state index is 11.2. The maximum atomic E-state index is 11.2. The van der Waals surface area contributed by atoms with Crippen LogP contribution in [0.5, 0.6) is 0 Å². The Bertz CT molecular complexity index is 324. The molecule has 0 saturated carbocycles. The Balaban J connectivity index is 2.88. The predicted octanol–water partition coefficient (Wildman–Crippen LogP) is 1.52. The van der Waals surface area contributed by atoms with Gasteiger partial charge in [-0.25, -0.2) is 0 Å². The Labute approximate surface area is 74.6 Å². The lowest BCUT2D eigenvalue weighted by Gasteiger charge is -1.96. The van der Waals surface area contributed by atoms with Crippen molar-refractivity contribution in [3.63, 3.8) is 0 Å². The second-order valence-corrected chi connectivity index (χ2v) is 3.11. The number of carbonyl (C=O) groups excluding carboxylic acids is 1. The van der Waals surface area contributed by atoms with E-state index >= 15 is 0 Å². The average molecular weight is 180 g/mol. The summed E-state index contributed by atoms with van der Waals surface area (Å²) < 4.78 is 0. The van der Waals surface area contributed by atoms with Crippen LogP contribution in [0, 0.1) is 11.5 Å². The average Bonchev–Trinajstić information content (AvgIpc) is 2.51. The first-order valence-electron chi connectivity index (χ1n) is 3.55. The smallest absolute Gasteiger partial charge is 0.267 e. The number of amides is 1. The SMILES string of the molecule is CCc1ccsc1C(=O)NC#N. The van der Waals surface area contributed by atoms with E-state index in [2.05, 4.69) is 5.32 Å². The van der Waals surface area contributed by atoms with Crippen LogP contribution in [0.4, 0.5) is 0 Å². The fraction of sp³-hybridized carbons (Fsp3) is 0.250. The molecule has 0 fully saturated rings. The summed E-state index contributed by atoms with van der Waals surface area (Å²) in [6, 6.07) is 1.90. The summed E-state index contributed by atoms with van der Waals surface area (Å²) in [6.45, 7) is 1.98. The molecule has 1 aromatic rings. The van der Waals surface area contributed by atoms with Crippen molar-refractivity contribution >= 4 is 17.2 Å². The number of rotatable bonds is 2. The largest absolute Gasteiger partial charge is 0.274 e. The molecule has 0 aliphatic heterocycles. The minimum Gasteiger partial charge on any atom is -0.267 e. The van der Waals surface area contributed by atoms with Crippen LogP contribution in [0.1, 0.15) is 22.2 Å². The molecule has 0 aliphatic rings. The summed E-state index contributed by atoms with van der Waals surface area (Å²) in [5.41, 5.74) is 0.993. The lowest BCUT2D eigenvalue weighted by atomic mass is 10.2. The van der Waals surface area contributed by atoms with Crippen molar-refractivity contribution in [2.75, 3.05) is 0 Å². The zero-order chi connectivity index (χ0) is 8.97. The predicted molar refractivity (Wildman–Crippen MR) is 46.8 cm³/mol. The summed E-state index contributed by atoms with van der Waals surface area (Å²) in [5.74, 6) is -0.302. The molecule has 0 spiro atoms. The molecule has 0 atom stereocenters. The number of nitriles is 1. The highest BCUT2D eigenvalue weighted by Crippen LogP contribution is 2.16. The van der Waals surface area contributed by atoms with Crippen LogP contribution >= 0.6 is 11.3 Å². The van der Waals surface area contributed by atoms with E-state index in [1.165, 1.54) is 11.3 Å². The Kier molecular flexibility index (Phi) is 2.83. The highest BCUT2D eigenvalue weighted by Gasteiger charge is 2.10. The third-order valence-corrected chi connectivity index (χ3v) is 2.46. The summed E-state index contributed by atoms with van der Waals surface area (Å²) in [7, 11) is 0. The van der Waals surface area contributed by atoms with Crippen molar-refractivity contribution in [3.8, 4) is 6.19 Å². The van der Waals surface area contributed by atoms with Crippen molar-refractivity contribution in [3.05, 3.63) is 21.9 Å². The van der Waals surface area contributed by atoms with E-state index in [1.54, 1.807) is 6.19 Å². The first kappa shape index (κ1) is 8.75. The molecule has 0 bridgehead atoms. The number of thiophene rings is 1.